The van der Waals surface area contributed by atoms with E-state index in [1.165, 1.54) is 11.3 Å². The van der Waals surface area contributed by atoms with Crippen LogP contribution in [0.2, 0.25) is 0 Å². The standard InChI is InChI=1S/C17H16N4O3S2/c1-11(26-17-21-20-15(24-17)13-8-5-9-25-13)14(22)19-16(23)18-10-12-6-3-2-4-7-12/h2-9,11H,10H2,1H3,(H2,18,19,22,23). The number of nitrogens with zero attached hydrogens (tertiary/aromatic N) is 2. The number of thiophene rings is 1. The molecule has 1 unspecified atom stereocenters. The zero-order valence-corrected chi connectivity index (χ0v) is 15.5. The molecule has 2 aromatic heterocycles. The monoisotopic (exact) mass is 388 g/mol. The lowest BCUT2D eigenvalue weighted by Crippen LogP contribution is -2.42. The highest BCUT2D eigenvalue weighted by Gasteiger charge is 2.20. The molecule has 0 saturated carbocycles. The molecular formula is C17H16N4O3S2. The topological polar surface area (TPSA) is 97.1 Å². The van der Waals surface area contributed by atoms with E-state index in [0.717, 1.165) is 22.2 Å². The maximum absolute atomic E-state index is 12.1. The van der Waals surface area contributed by atoms with Crippen LogP contribution in [-0.2, 0) is 11.3 Å². The van der Waals surface area contributed by atoms with E-state index in [9.17, 15) is 9.59 Å². The van der Waals surface area contributed by atoms with Crippen molar-refractivity contribution in [1.29, 1.82) is 0 Å². The molecule has 0 aliphatic heterocycles. The molecule has 0 fully saturated rings. The number of benzene rings is 1. The maximum atomic E-state index is 12.1. The lowest BCUT2D eigenvalue weighted by molar-refractivity contribution is -0.119. The van der Waals surface area contributed by atoms with Crippen molar-refractivity contribution in [2.45, 2.75) is 23.9 Å². The first-order chi connectivity index (χ1) is 12.6. The van der Waals surface area contributed by atoms with Crippen LogP contribution in [0.1, 0.15) is 12.5 Å². The van der Waals surface area contributed by atoms with Crippen LogP contribution in [0.25, 0.3) is 10.8 Å². The Balaban J connectivity index is 1.47. The molecule has 0 aliphatic rings. The number of rotatable bonds is 6. The third kappa shape index (κ3) is 4.93. The normalized spacial score (nSPS) is 11.7. The molecule has 2 N–H and O–H groups in total. The van der Waals surface area contributed by atoms with E-state index < -0.39 is 17.2 Å². The number of aromatic nitrogens is 2. The van der Waals surface area contributed by atoms with Gasteiger partial charge in [0, 0.05) is 6.54 Å². The third-order valence-corrected chi connectivity index (χ3v) is 5.11. The quantitative estimate of drug-likeness (QED) is 0.629. The van der Waals surface area contributed by atoms with Crippen LogP contribution in [0.4, 0.5) is 4.79 Å². The number of imide groups is 1. The third-order valence-electron chi connectivity index (χ3n) is 3.32. The number of thioether (sulfide) groups is 1. The summed E-state index contributed by atoms with van der Waals surface area (Å²) in [6.45, 7) is 2.01. The Morgan fingerprint density at radius 1 is 1.19 bits per heavy atom. The Morgan fingerprint density at radius 3 is 2.73 bits per heavy atom. The van der Waals surface area contributed by atoms with Gasteiger partial charge in [0.25, 0.3) is 11.1 Å². The predicted molar refractivity (Wildman–Crippen MR) is 99.8 cm³/mol. The van der Waals surface area contributed by atoms with Gasteiger partial charge in [-0.25, -0.2) is 4.79 Å². The summed E-state index contributed by atoms with van der Waals surface area (Å²) in [5, 5.41) is 14.5. The molecule has 0 aliphatic carbocycles. The van der Waals surface area contributed by atoms with Crippen LogP contribution in [0.5, 0.6) is 0 Å². The van der Waals surface area contributed by atoms with E-state index in [2.05, 4.69) is 20.8 Å². The molecule has 134 valence electrons. The van der Waals surface area contributed by atoms with Crippen molar-refractivity contribution in [3.05, 3.63) is 53.4 Å². The largest absolute Gasteiger partial charge is 0.410 e. The van der Waals surface area contributed by atoms with Gasteiger partial charge in [0.05, 0.1) is 10.1 Å². The molecule has 26 heavy (non-hydrogen) atoms. The van der Waals surface area contributed by atoms with Gasteiger partial charge < -0.3 is 9.73 Å². The average Bonchev–Trinajstić information content (AvgIpc) is 3.32. The van der Waals surface area contributed by atoms with Crippen LogP contribution >= 0.6 is 23.1 Å². The first-order valence-corrected chi connectivity index (χ1v) is 9.54. The van der Waals surface area contributed by atoms with E-state index >= 15 is 0 Å². The van der Waals surface area contributed by atoms with Gasteiger partial charge in [0.1, 0.15) is 0 Å². The minimum Gasteiger partial charge on any atom is -0.410 e. The van der Waals surface area contributed by atoms with E-state index in [-0.39, 0.29) is 5.22 Å². The first kappa shape index (κ1) is 18.2. The molecule has 1 atom stereocenters. The van der Waals surface area contributed by atoms with E-state index in [4.69, 9.17) is 4.42 Å². The zero-order valence-electron chi connectivity index (χ0n) is 13.8. The summed E-state index contributed by atoms with van der Waals surface area (Å²) in [5.41, 5.74) is 0.949. The van der Waals surface area contributed by atoms with Gasteiger partial charge in [0.15, 0.2) is 0 Å². The molecule has 2 heterocycles. The molecule has 0 spiro atoms. The highest BCUT2D eigenvalue weighted by atomic mass is 32.2. The molecule has 3 amide bonds. The average molecular weight is 388 g/mol. The number of amides is 3. The number of nitrogens with one attached hydrogen (secondary N) is 2. The fourth-order valence-corrected chi connectivity index (χ4v) is 3.33. The molecule has 0 bridgehead atoms. The molecule has 7 nitrogen and oxygen atoms in total. The minimum absolute atomic E-state index is 0.278. The summed E-state index contributed by atoms with van der Waals surface area (Å²) < 4.78 is 5.53. The van der Waals surface area contributed by atoms with E-state index in [1.807, 2.05) is 47.8 Å². The summed E-state index contributed by atoms with van der Waals surface area (Å²) in [6.07, 6.45) is 0. The van der Waals surface area contributed by atoms with Gasteiger partial charge in [-0.05, 0) is 23.9 Å². The molecular weight excluding hydrogens is 372 g/mol. The van der Waals surface area contributed by atoms with Gasteiger partial charge in [-0.2, -0.15) is 0 Å². The molecule has 3 rings (SSSR count). The number of carbonyl (C=O) groups excluding carboxylic acids is 2. The molecule has 3 aromatic rings. The Hall–Kier alpha value is -2.65. The zero-order chi connectivity index (χ0) is 18.4. The predicted octanol–water partition coefficient (Wildman–Crippen LogP) is 3.30. The summed E-state index contributed by atoms with van der Waals surface area (Å²) >= 11 is 2.59. The minimum atomic E-state index is -0.561. The summed E-state index contributed by atoms with van der Waals surface area (Å²) in [5.74, 6) is -0.0212. The van der Waals surface area contributed by atoms with Crippen LogP contribution in [0.3, 0.4) is 0 Å². The molecule has 1 aromatic carbocycles. The van der Waals surface area contributed by atoms with E-state index in [0.29, 0.717) is 12.4 Å². The van der Waals surface area contributed by atoms with Gasteiger partial charge >= 0.3 is 6.03 Å². The lowest BCUT2D eigenvalue weighted by atomic mass is 10.2. The first-order valence-electron chi connectivity index (χ1n) is 7.78. The van der Waals surface area contributed by atoms with Crippen LogP contribution < -0.4 is 10.6 Å². The van der Waals surface area contributed by atoms with Crippen molar-refractivity contribution in [2.24, 2.45) is 0 Å². The van der Waals surface area contributed by atoms with Crippen molar-refractivity contribution < 1.29 is 14.0 Å². The van der Waals surface area contributed by atoms with Crippen molar-refractivity contribution in [1.82, 2.24) is 20.8 Å². The fraction of sp³-hybridized carbons (Fsp3) is 0.176. The van der Waals surface area contributed by atoms with Crippen molar-refractivity contribution in [2.75, 3.05) is 0 Å². The Kier molecular flexibility index (Phi) is 6.03. The fourth-order valence-electron chi connectivity index (χ4n) is 2.00. The van der Waals surface area contributed by atoms with E-state index in [1.54, 1.807) is 6.92 Å². The second-order valence-electron chi connectivity index (χ2n) is 5.27. The second kappa shape index (κ2) is 8.63. The van der Waals surface area contributed by atoms with Crippen LogP contribution in [0, 0.1) is 0 Å². The summed E-state index contributed by atoms with van der Waals surface area (Å²) in [7, 11) is 0. The highest BCUT2D eigenvalue weighted by molar-refractivity contribution is 8.00. The summed E-state index contributed by atoms with van der Waals surface area (Å²) in [4.78, 5) is 24.8. The van der Waals surface area contributed by atoms with Crippen molar-refractivity contribution >= 4 is 35.0 Å². The Morgan fingerprint density at radius 2 is 2.00 bits per heavy atom. The van der Waals surface area contributed by atoms with Crippen LogP contribution in [0.15, 0.2) is 57.5 Å². The van der Waals surface area contributed by atoms with Gasteiger partial charge in [0.2, 0.25) is 5.91 Å². The number of carbonyl (C=O) groups is 2. The lowest BCUT2D eigenvalue weighted by Gasteiger charge is -2.10. The Bertz CT molecular complexity index is 865. The van der Waals surface area contributed by atoms with Crippen molar-refractivity contribution in [3.63, 3.8) is 0 Å². The Labute approximate surface area is 158 Å². The smallest absolute Gasteiger partial charge is 0.321 e. The molecule has 0 radical (unpaired) electrons. The second-order valence-corrected chi connectivity index (χ2v) is 7.51. The maximum Gasteiger partial charge on any atom is 0.321 e. The van der Waals surface area contributed by atoms with Crippen molar-refractivity contribution in [3.8, 4) is 10.8 Å². The highest BCUT2D eigenvalue weighted by Crippen LogP contribution is 2.28. The van der Waals surface area contributed by atoms with Crippen LogP contribution in [-0.4, -0.2) is 27.4 Å². The number of hydrogen-bond acceptors (Lipinski definition) is 7. The number of hydrogen-bond donors (Lipinski definition) is 2. The van der Waals surface area contributed by atoms with Gasteiger partial charge in [-0.1, -0.05) is 48.2 Å². The number of urea groups is 1. The van der Waals surface area contributed by atoms with Gasteiger partial charge in [-0.3, -0.25) is 10.1 Å². The van der Waals surface area contributed by atoms with Gasteiger partial charge in [-0.15, -0.1) is 21.5 Å². The molecule has 9 heteroatoms. The molecule has 0 saturated heterocycles. The SMILES string of the molecule is CC(Sc1nnc(-c2cccs2)o1)C(=O)NC(=O)NCc1ccccc1. The summed E-state index contributed by atoms with van der Waals surface area (Å²) in [6, 6.07) is 12.7.